The van der Waals surface area contributed by atoms with Crippen molar-refractivity contribution in [2.24, 2.45) is 10.9 Å². The second kappa shape index (κ2) is 6.13. The van der Waals surface area contributed by atoms with Gasteiger partial charge in [-0.05, 0) is 24.2 Å². The van der Waals surface area contributed by atoms with Gasteiger partial charge in [-0.25, -0.2) is 15.0 Å². The van der Waals surface area contributed by atoms with E-state index in [1.165, 1.54) is 12.3 Å². The molecular formula is C11H10N6O3S. The van der Waals surface area contributed by atoms with Crippen LogP contribution in [0.15, 0.2) is 40.0 Å². The van der Waals surface area contributed by atoms with Crippen LogP contribution in [0.3, 0.4) is 0 Å². The maximum atomic E-state index is 11.1. The molecule has 0 unspecified atom stereocenters. The number of rotatable bonds is 4. The smallest absolute Gasteiger partial charge is 0.302 e. The Morgan fingerprint density at radius 2 is 2.05 bits per heavy atom. The van der Waals surface area contributed by atoms with Gasteiger partial charge in [-0.3, -0.25) is 10.1 Å². The van der Waals surface area contributed by atoms with E-state index in [9.17, 15) is 10.1 Å². The first-order valence-corrected chi connectivity index (χ1v) is 6.41. The lowest BCUT2D eigenvalue weighted by Crippen LogP contribution is -2.14. The van der Waals surface area contributed by atoms with E-state index in [-0.39, 0.29) is 22.1 Å². The number of oxime groups is 1. The lowest BCUT2D eigenvalue weighted by atomic mass is 10.2. The minimum atomic E-state index is -0.600. The van der Waals surface area contributed by atoms with Gasteiger partial charge in [0.05, 0.1) is 4.92 Å². The number of aromatic nitrogens is 3. The van der Waals surface area contributed by atoms with Gasteiger partial charge >= 0.3 is 5.69 Å². The van der Waals surface area contributed by atoms with E-state index in [2.05, 4.69) is 20.1 Å². The Labute approximate surface area is 123 Å². The lowest BCUT2D eigenvalue weighted by Gasteiger charge is -2.03. The van der Waals surface area contributed by atoms with Crippen LogP contribution in [0.4, 0.5) is 5.69 Å². The Bertz CT molecular complexity index is 704. The van der Waals surface area contributed by atoms with Crippen LogP contribution < -0.4 is 5.73 Å². The summed E-state index contributed by atoms with van der Waals surface area (Å²) in [6, 6.07) is 1.18. The van der Waals surface area contributed by atoms with Crippen molar-refractivity contribution in [3.8, 4) is 0 Å². The van der Waals surface area contributed by atoms with Crippen molar-refractivity contribution >= 4 is 23.3 Å². The molecule has 9 nitrogen and oxygen atoms in total. The molecule has 0 radical (unpaired) electrons. The largest absolute Gasteiger partial charge is 0.409 e. The average molecular weight is 306 g/mol. The molecule has 0 atom stereocenters. The molecule has 0 bridgehead atoms. The molecule has 2 heterocycles. The highest BCUT2D eigenvalue weighted by atomic mass is 32.2. The highest BCUT2D eigenvalue weighted by Gasteiger charge is 2.19. The minimum absolute atomic E-state index is 0.123. The van der Waals surface area contributed by atoms with Crippen LogP contribution in [0, 0.1) is 17.0 Å². The summed E-state index contributed by atoms with van der Waals surface area (Å²) in [5.74, 6) is -0.256. The highest BCUT2D eigenvalue weighted by Crippen LogP contribution is 2.31. The lowest BCUT2D eigenvalue weighted by molar-refractivity contribution is -0.388. The van der Waals surface area contributed by atoms with Crippen molar-refractivity contribution in [1.82, 2.24) is 15.0 Å². The summed E-state index contributed by atoms with van der Waals surface area (Å²) in [7, 11) is 0. The normalized spacial score (nSPS) is 11.4. The first-order valence-electron chi connectivity index (χ1n) is 5.60. The monoisotopic (exact) mass is 306 g/mol. The number of nitrogens with two attached hydrogens (primary N) is 1. The molecule has 0 aromatic carbocycles. The van der Waals surface area contributed by atoms with E-state index < -0.39 is 4.92 Å². The maximum Gasteiger partial charge on any atom is 0.302 e. The van der Waals surface area contributed by atoms with Crippen LogP contribution in [0.1, 0.15) is 11.1 Å². The highest BCUT2D eigenvalue weighted by molar-refractivity contribution is 7.99. The molecule has 2 aromatic heterocycles. The Kier molecular flexibility index (Phi) is 4.28. The Morgan fingerprint density at radius 3 is 2.62 bits per heavy atom. The first kappa shape index (κ1) is 14.7. The molecule has 108 valence electrons. The number of amidine groups is 1. The van der Waals surface area contributed by atoms with Gasteiger partial charge in [0, 0.05) is 30.2 Å². The standard InChI is InChI=1S/C11H10N6O3S/c1-6-3-14-11(15-4-6)21-10-8(17(19)20)2-7(5-13-10)9(12)16-18/h2-5,18H,1H3,(H2,12,16). The third kappa shape index (κ3) is 3.42. The van der Waals surface area contributed by atoms with E-state index in [4.69, 9.17) is 10.9 Å². The fourth-order valence-electron chi connectivity index (χ4n) is 1.37. The molecule has 21 heavy (non-hydrogen) atoms. The summed E-state index contributed by atoms with van der Waals surface area (Å²) < 4.78 is 0. The summed E-state index contributed by atoms with van der Waals surface area (Å²) in [6.45, 7) is 1.83. The van der Waals surface area contributed by atoms with E-state index in [1.54, 1.807) is 12.4 Å². The van der Waals surface area contributed by atoms with Crippen LogP contribution in [0.5, 0.6) is 0 Å². The summed E-state index contributed by atoms with van der Waals surface area (Å²) in [5, 5.41) is 22.9. The fraction of sp³-hybridized carbons (Fsp3) is 0.0909. The number of nitrogens with zero attached hydrogens (tertiary/aromatic N) is 5. The zero-order valence-corrected chi connectivity index (χ0v) is 11.6. The molecule has 2 rings (SSSR count). The van der Waals surface area contributed by atoms with Crippen molar-refractivity contribution < 1.29 is 10.1 Å². The van der Waals surface area contributed by atoms with Gasteiger partial charge in [-0.15, -0.1) is 0 Å². The van der Waals surface area contributed by atoms with E-state index in [0.29, 0.717) is 5.16 Å². The number of nitro groups is 1. The van der Waals surface area contributed by atoms with Crippen molar-refractivity contribution in [2.75, 3.05) is 0 Å². The van der Waals surface area contributed by atoms with Crippen LogP contribution in [-0.2, 0) is 0 Å². The second-order valence-electron chi connectivity index (χ2n) is 3.94. The van der Waals surface area contributed by atoms with Gasteiger partial charge in [0.1, 0.15) is 0 Å². The van der Waals surface area contributed by atoms with Crippen molar-refractivity contribution in [3.05, 3.63) is 45.9 Å². The second-order valence-corrected chi connectivity index (χ2v) is 4.89. The predicted molar refractivity (Wildman–Crippen MR) is 74.3 cm³/mol. The molecule has 0 aliphatic carbocycles. The molecular weight excluding hydrogens is 296 g/mol. The predicted octanol–water partition coefficient (Wildman–Crippen LogP) is 1.33. The number of hydrogen-bond acceptors (Lipinski definition) is 8. The molecule has 0 amide bonds. The topological polar surface area (TPSA) is 140 Å². The van der Waals surface area contributed by atoms with Gasteiger partial charge in [-0.1, -0.05) is 5.16 Å². The number of hydrogen-bond donors (Lipinski definition) is 2. The van der Waals surface area contributed by atoms with Crippen LogP contribution >= 0.6 is 11.8 Å². The molecule has 3 N–H and O–H groups in total. The molecule has 0 saturated carbocycles. The SMILES string of the molecule is Cc1cnc(Sc2ncc(C(N)=NO)cc2[N+](=O)[O-])nc1. The van der Waals surface area contributed by atoms with Crippen molar-refractivity contribution in [1.29, 1.82) is 0 Å². The van der Waals surface area contributed by atoms with E-state index in [1.807, 2.05) is 6.92 Å². The van der Waals surface area contributed by atoms with Crippen LogP contribution in [-0.4, -0.2) is 30.9 Å². The molecule has 0 fully saturated rings. The zero-order valence-electron chi connectivity index (χ0n) is 10.8. The summed E-state index contributed by atoms with van der Waals surface area (Å²) in [4.78, 5) is 22.6. The number of aryl methyl sites for hydroxylation is 1. The summed E-state index contributed by atoms with van der Waals surface area (Å²) in [6.07, 6.45) is 4.48. The summed E-state index contributed by atoms with van der Waals surface area (Å²) >= 11 is 0.961. The molecule has 0 spiro atoms. The molecule has 0 aliphatic rings. The van der Waals surface area contributed by atoms with Crippen LogP contribution in [0.2, 0.25) is 0 Å². The zero-order chi connectivity index (χ0) is 15.4. The Hall–Kier alpha value is -2.75. The fourth-order valence-corrected chi connectivity index (χ4v) is 2.09. The maximum absolute atomic E-state index is 11.1. The Balaban J connectivity index is 2.39. The molecule has 2 aromatic rings. The molecule has 0 aliphatic heterocycles. The van der Waals surface area contributed by atoms with E-state index in [0.717, 1.165) is 17.3 Å². The first-order chi connectivity index (χ1) is 10.0. The van der Waals surface area contributed by atoms with Crippen molar-refractivity contribution in [2.45, 2.75) is 17.1 Å². The molecule has 10 heteroatoms. The van der Waals surface area contributed by atoms with Crippen molar-refractivity contribution in [3.63, 3.8) is 0 Å². The van der Waals surface area contributed by atoms with Gasteiger partial charge in [0.15, 0.2) is 16.0 Å². The van der Waals surface area contributed by atoms with Gasteiger partial charge in [0.2, 0.25) is 0 Å². The minimum Gasteiger partial charge on any atom is -0.409 e. The third-order valence-corrected chi connectivity index (χ3v) is 3.28. The van der Waals surface area contributed by atoms with Crippen LogP contribution in [0.25, 0.3) is 0 Å². The third-order valence-electron chi connectivity index (χ3n) is 2.38. The van der Waals surface area contributed by atoms with E-state index >= 15 is 0 Å². The quantitative estimate of drug-likeness (QED) is 0.215. The Morgan fingerprint density at radius 1 is 1.38 bits per heavy atom. The number of pyridine rings is 1. The molecule has 0 saturated heterocycles. The van der Waals surface area contributed by atoms with Gasteiger partial charge < -0.3 is 10.9 Å². The average Bonchev–Trinajstić information content (AvgIpc) is 2.49. The summed E-state index contributed by atoms with van der Waals surface area (Å²) in [5.41, 5.74) is 6.15. The van der Waals surface area contributed by atoms with Gasteiger partial charge in [0.25, 0.3) is 0 Å². The van der Waals surface area contributed by atoms with Gasteiger partial charge in [-0.2, -0.15) is 0 Å².